The second kappa shape index (κ2) is 4.68. The Morgan fingerprint density at radius 2 is 2.29 bits per heavy atom. The predicted octanol–water partition coefficient (Wildman–Crippen LogP) is 2.84. The van der Waals surface area contributed by atoms with E-state index < -0.39 is 0 Å². The number of aromatic nitrogens is 1. The fourth-order valence-corrected chi connectivity index (χ4v) is 2.63. The molecule has 0 aromatic carbocycles. The maximum atomic E-state index is 6.00. The largest absolute Gasteiger partial charge is 0.323 e. The highest BCUT2D eigenvalue weighted by molar-refractivity contribution is 7.08. The minimum atomic E-state index is 0.0844. The van der Waals surface area contributed by atoms with Crippen molar-refractivity contribution in [1.29, 1.82) is 0 Å². The molecule has 0 bridgehead atoms. The van der Waals surface area contributed by atoms with Gasteiger partial charge >= 0.3 is 0 Å². The summed E-state index contributed by atoms with van der Waals surface area (Å²) in [4.78, 5) is 4.21. The first-order valence-corrected chi connectivity index (χ1v) is 6.39. The summed E-state index contributed by atoms with van der Waals surface area (Å²) < 4.78 is 0. The minimum Gasteiger partial charge on any atom is -0.323 e. The molecule has 0 spiro atoms. The Morgan fingerprint density at radius 1 is 1.36 bits per heavy atom. The summed E-state index contributed by atoms with van der Waals surface area (Å²) in [6.07, 6.45) is 2.02. The average Bonchev–Trinajstić information content (AvgIpc) is 2.87. The second-order valence-corrected chi connectivity index (χ2v) is 4.69. The first-order valence-electron chi connectivity index (χ1n) is 4.51. The minimum absolute atomic E-state index is 0.0844. The summed E-state index contributed by atoms with van der Waals surface area (Å²) in [5.41, 5.74) is 10.2. The van der Waals surface area contributed by atoms with Gasteiger partial charge in [0, 0.05) is 11.4 Å². The Hall–Kier alpha value is -0.710. The molecule has 14 heavy (non-hydrogen) atoms. The van der Waals surface area contributed by atoms with Gasteiger partial charge < -0.3 is 5.73 Å². The van der Waals surface area contributed by atoms with Crippen molar-refractivity contribution in [3.8, 4) is 0 Å². The van der Waals surface area contributed by atoms with Crippen LogP contribution >= 0.6 is 22.7 Å². The zero-order valence-electron chi connectivity index (χ0n) is 7.72. The van der Waals surface area contributed by atoms with Crippen LogP contribution in [0.4, 0.5) is 0 Å². The molecule has 2 heterocycles. The number of rotatable bonds is 4. The Morgan fingerprint density at radius 3 is 2.93 bits per heavy atom. The van der Waals surface area contributed by atoms with Crippen LogP contribution in [0.3, 0.4) is 0 Å². The summed E-state index contributed by atoms with van der Waals surface area (Å²) >= 11 is 3.34. The lowest BCUT2D eigenvalue weighted by molar-refractivity contribution is 0.638. The third-order valence-corrected chi connectivity index (χ3v) is 3.49. The molecule has 1 atom stereocenters. The van der Waals surface area contributed by atoms with Crippen molar-refractivity contribution in [2.24, 2.45) is 5.73 Å². The lowest BCUT2D eigenvalue weighted by Gasteiger charge is -2.07. The van der Waals surface area contributed by atoms with Gasteiger partial charge in [0.25, 0.3) is 0 Å². The quantitative estimate of drug-likeness (QED) is 0.867. The van der Waals surface area contributed by atoms with E-state index >= 15 is 0 Å². The summed E-state index contributed by atoms with van der Waals surface area (Å²) in [6, 6.07) is 2.24. The van der Waals surface area contributed by atoms with Crippen molar-refractivity contribution in [2.45, 2.75) is 18.9 Å². The van der Waals surface area contributed by atoms with Crippen LogP contribution in [-0.2, 0) is 6.42 Å². The van der Waals surface area contributed by atoms with E-state index in [1.165, 1.54) is 5.56 Å². The molecular formula is C10H12N2S2. The zero-order valence-corrected chi connectivity index (χ0v) is 9.35. The molecule has 0 aliphatic carbocycles. The second-order valence-electron chi connectivity index (χ2n) is 3.19. The van der Waals surface area contributed by atoms with Crippen molar-refractivity contribution in [2.75, 3.05) is 0 Å². The van der Waals surface area contributed by atoms with Gasteiger partial charge in [0.05, 0.1) is 11.2 Å². The first-order chi connectivity index (χ1) is 6.86. The van der Waals surface area contributed by atoms with Gasteiger partial charge in [-0.15, -0.1) is 11.3 Å². The highest BCUT2D eigenvalue weighted by Crippen LogP contribution is 2.17. The molecule has 0 saturated carbocycles. The summed E-state index contributed by atoms with van der Waals surface area (Å²) in [6.45, 7) is 0. The van der Waals surface area contributed by atoms with Crippen LogP contribution in [0.1, 0.15) is 23.7 Å². The van der Waals surface area contributed by atoms with Crippen LogP contribution in [0.25, 0.3) is 0 Å². The van der Waals surface area contributed by atoms with Crippen molar-refractivity contribution >= 4 is 22.7 Å². The van der Waals surface area contributed by atoms with Crippen LogP contribution in [-0.4, -0.2) is 4.98 Å². The fraction of sp³-hybridized carbons (Fsp3) is 0.300. The summed E-state index contributed by atoms with van der Waals surface area (Å²) in [5.74, 6) is 0. The van der Waals surface area contributed by atoms with Gasteiger partial charge in [0.1, 0.15) is 0 Å². The van der Waals surface area contributed by atoms with E-state index in [9.17, 15) is 0 Å². The van der Waals surface area contributed by atoms with E-state index in [1.54, 1.807) is 22.7 Å². The Labute approximate surface area is 91.4 Å². The van der Waals surface area contributed by atoms with Crippen LogP contribution in [0, 0.1) is 0 Å². The van der Waals surface area contributed by atoms with Gasteiger partial charge in [0.2, 0.25) is 0 Å². The molecule has 2 rings (SSSR count). The smallest absolute Gasteiger partial charge is 0.0795 e. The summed E-state index contributed by atoms with van der Waals surface area (Å²) in [7, 11) is 0. The maximum Gasteiger partial charge on any atom is 0.0795 e. The van der Waals surface area contributed by atoms with Gasteiger partial charge in [-0.3, -0.25) is 0 Å². The lowest BCUT2D eigenvalue weighted by Crippen LogP contribution is -2.11. The molecule has 0 amide bonds. The summed E-state index contributed by atoms with van der Waals surface area (Å²) in [5, 5.41) is 6.30. The van der Waals surface area contributed by atoms with Crippen molar-refractivity contribution in [3.05, 3.63) is 39.0 Å². The zero-order chi connectivity index (χ0) is 9.80. The molecule has 2 nitrogen and oxygen atoms in total. The normalized spacial score (nSPS) is 12.9. The molecule has 0 saturated heterocycles. The molecule has 74 valence electrons. The monoisotopic (exact) mass is 224 g/mol. The molecular weight excluding hydrogens is 212 g/mol. The molecule has 0 aliphatic rings. The number of nitrogens with zero attached hydrogens (tertiary/aromatic N) is 1. The predicted molar refractivity (Wildman–Crippen MR) is 61.7 cm³/mol. The third kappa shape index (κ3) is 2.41. The molecule has 1 unspecified atom stereocenters. The van der Waals surface area contributed by atoms with Crippen molar-refractivity contribution in [3.63, 3.8) is 0 Å². The van der Waals surface area contributed by atoms with E-state index in [4.69, 9.17) is 5.73 Å². The van der Waals surface area contributed by atoms with Crippen molar-refractivity contribution in [1.82, 2.24) is 4.98 Å². The molecule has 2 aromatic heterocycles. The Kier molecular flexibility index (Phi) is 3.29. The molecule has 0 fully saturated rings. The van der Waals surface area contributed by atoms with Crippen LogP contribution in [0.2, 0.25) is 0 Å². The number of aryl methyl sites for hydroxylation is 1. The fourth-order valence-electron chi connectivity index (χ4n) is 1.31. The number of hydrogen-bond donors (Lipinski definition) is 1. The van der Waals surface area contributed by atoms with Gasteiger partial charge in [-0.2, -0.15) is 11.3 Å². The average molecular weight is 224 g/mol. The third-order valence-electron chi connectivity index (χ3n) is 2.16. The molecule has 2 aromatic rings. The molecule has 0 radical (unpaired) electrons. The number of thiazole rings is 1. The van der Waals surface area contributed by atoms with Gasteiger partial charge in [0.15, 0.2) is 0 Å². The standard InChI is InChI=1S/C10H12N2S2/c11-9(10-6-14-7-12-10)2-1-8-3-4-13-5-8/h3-7,9H,1-2,11H2. The van der Waals surface area contributed by atoms with Crippen LogP contribution in [0.5, 0.6) is 0 Å². The topological polar surface area (TPSA) is 38.9 Å². The number of hydrogen-bond acceptors (Lipinski definition) is 4. The Balaban J connectivity index is 1.87. The van der Waals surface area contributed by atoms with Gasteiger partial charge in [-0.25, -0.2) is 4.98 Å². The van der Waals surface area contributed by atoms with Crippen molar-refractivity contribution < 1.29 is 0 Å². The SMILES string of the molecule is NC(CCc1ccsc1)c1cscn1. The first kappa shape index (κ1) is 9.83. The van der Waals surface area contributed by atoms with E-state index in [2.05, 4.69) is 21.8 Å². The van der Waals surface area contributed by atoms with Gasteiger partial charge in [-0.1, -0.05) is 0 Å². The van der Waals surface area contributed by atoms with E-state index in [-0.39, 0.29) is 6.04 Å². The molecule has 0 aliphatic heterocycles. The van der Waals surface area contributed by atoms with Crippen LogP contribution in [0.15, 0.2) is 27.7 Å². The highest BCUT2D eigenvalue weighted by atomic mass is 32.1. The van der Waals surface area contributed by atoms with Gasteiger partial charge in [-0.05, 0) is 35.2 Å². The Bertz CT molecular complexity index is 353. The van der Waals surface area contributed by atoms with E-state index in [0.29, 0.717) is 0 Å². The highest BCUT2D eigenvalue weighted by Gasteiger charge is 2.07. The molecule has 2 N–H and O–H groups in total. The van der Waals surface area contributed by atoms with E-state index in [1.807, 2.05) is 10.9 Å². The molecule has 4 heteroatoms. The number of nitrogens with two attached hydrogens (primary N) is 1. The lowest BCUT2D eigenvalue weighted by atomic mass is 10.1. The van der Waals surface area contributed by atoms with E-state index in [0.717, 1.165) is 18.5 Å². The van der Waals surface area contributed by atoms with Crippen LogP contribution < -0.4 is 5.73 Å². The number of thiophene rings is 1. The maximum absolute atomic E-state index is 6.00.